The van der Waals surface area contributed by atoms with E-state index in [1.807, 2.05) is 34.1 Å². The van der Waals surface area contributed by atoms with Gasteiger partial charge in [0, 0.05) is 32.2 Å². The van der Waals surface area contributed by atoms with Gasteiger partial charge in [-0.3, -0.25) is 9.59 Å². The smallest absolute Gasteiger partial charge is 0.236 e. The molecule has 1 atom stereocenters. The van der Waals surface area contributed by atoms with E-state index in [0.29, 0.717) is 19.5 Å². The summed E-state index contributed by atoms with van der Waals surface area (Å²) in [5.41, 5.74) is 1.81. The van der Waals surface area contributed by atoms with Gasteiger partial charge in [-0.2, -0.15) is 0 Å². The number of amides is 2. The molecule has 150 valence electrons. The standard InChI is InChI=1S/C18H23N7O2.ClH/c26-17(10-14-3-5-15(6-4-14)25-13-20-21-22-25)23-8-1-2-16(12-23)24-9-7-19-11-18(24)27;/h3-6,13,16,19H,1-2,7-12H2;1H. The highest BCUT2D eigenvalue weighted by Crippen LogP contribution is 2.18. The van der Waals surface area contributed by atoms with E-state index < -0.39 is 0 Å². The fourth-order valence-corrected chi connectivity index (χ4v) is 3.78. The molecule has 0 bridgehead atoms. The Kier molecular flexibility index (Phi) is 6.58. The Bertz CT molecular complexity index is 797. The maximum absolute atomic E-state index is 12.8. The first-order chi connectivity index (χ1) is 13.2. The van der Waals surface area contributed by atoms with Crippen LogP contribution < -0.4 is 5.32 Å². The molecule has 0 spiro atoms. The molecule has 0 saturated carbocycles. The summed E-state index contributed by atoms with van der Waals surface area (Å²) in [6, 6.07) is 7.79. The van der Waals surface area contributed by atoms with Crippen LogP contribution in [0.15, 0.2) is 30.6 Å². The number of hydrogen-bond acceptors (Lipinski definition) is 6. The van der Waals surface area contributed by atoms with E-state index in [-0.39, 0.29) is 30.3 Å². The number of benzene rings is 1. The molecule has 1 N–H and O–H groups in total. The largest absolute Gasteiger partial charge is 0.340 e. The molecular formula is C18H24ClN7O2. The van der Waals surface area contributed by atoms with Crippen molar-refractivity contribution < 1.29 is 9.59 Å². The topological polar surface area (TPSA) is 96.2 Å². The first-order valence-electron chi connectivity index (χ1n) is 9.31. The molecule has 1 aromatic carbocycles. The van der Waals surface area contributed by atoms with Crippen LogP contribution in [0.4, 0.5) is 0 Å². The Balaban J connectivity index is 0.00000225. The van der Waals surface area contributed by atoms with Gasteiger partial charge in [0.1, 0.15) is 6.33 Å². The summed E-state index contributed by atoms with van der Waals surface area (Å²) in [5.74, 6) is 0.246. The lowest BCUT2D eigenvalue weighted by Gasteiger charge is -2.41. The number of rotatable bonds is 4. The summed E-state index contributed by atoms with van der Waals surface area (Å²) in [6.07, 6.45) is 3.80. The maximum Gasteiger partial charge on any atom is 0.236 e. The van der Waals surface area contributed by atoms with Gasteiger partial charge >= 0.3 is 0 Å². The van der Waals surface area contributed by atoms with Gasteiger partial charge in [-0.15, -0.1) is 17.5 Å². The van der Waals surface area contributed by atoms with E-state index in [4.69, 9.17) is 0 Å². The third-order valence-electron chi connectivity index (χ3n) is 5.22. The Hall–Kier alpha value is -2.52. The Labute approximate surface area is 169 Å². The molecule has 0 radical (unpaired) electrons. The van der Waals surface area contributed by atoms with E-state index in [2.05, 4.69) is 20.8 Å². The number of carbonyl (C=O) groups excluding carboxylic acids is 2. The van der Waals surface area contributed by atoms with E-state index in [9.17, 15) is 9.59 Å². The maximum atomic E-state index is 12.8. The van der Waals surface area contributed by atoms with Crippen molar-refractivity contribution in [2.24, 2.45) is 0 Å². The molecule has 0 aliphatic carbocycles. The zero-order valence-corrected chi connectivity index (χ0v) is 16.3. The molecule has 2 aromatic rings. The lowest BCUT2D eigenvalue weighted by molar-refractivity contribution is -0.140. The number of piperidine rings is 1. The highest BCUT2D eigenvalue weighted by atomic mass is 35.5. The molecular weight excluding hydrogens is 382 g/mol. The highest BCUT2D eigenvalue weighted by Gasteiger charge is 2.31. The van der Waals surface area contributed by atoms with Gasteiger partial charge < -0.3 is 15.1 Å². The number of likely N-dealkylation sites (tertiary alicyclic amines) is 1. The van der Waals surface area contributed by atoms with Crippen molar-refractivity contribution in [3.8, 4) is 5.69 Å². The van der Waals surface area contributed by atoms with E-state index in [1.54, 1.807) is 4.68 Å². The number of aromatic nitrogens is 4. The SMILES string of the molecule is Cl.O=C(Cc1ccc(-n2cnnn2)cc1)N1CCCC(N2CCNCC2=O)C1. The summed E-state index contributed by atoms with van der Waals surface area (Å²) in [4.78, 5) is 28.7. The van der Waals surface area contributed by atoms with Crippen molar-refractivity contribution in [3.05, 3.63) is 36.2 Å². The van der Waals surface area contributed by atoms with Gasteiger partial charge in [-0.25, -0.2) is 4.68 Å². The van der Waals surface area contributed by atoms with Crippen LogP contribution in [-0.2, 0) is 16.0 Å². The summed E-state index contributed by atoms with van der Waals surface area (Å²) in [5, 5.41) is 14.2. The van der Waals surface area contributed by atoms with Gasteiger partial charge in [0.15, 0.2) is 0 Å². The second kappa shape index (κ2) is 9.11. The fourth-order valence-electron chi connectivity index (χ4n) is 3.78. The Morgan fingerprint density at radius 1 is 1.21 bits per heavy atom. The Morgan fingerprint density at radius 2 is 2.04 bits per heavy atom. The van der Waals surface area contributed by atoms with Crippen LogP contribution in [0, 0.1) is 0 Å². The van der Waals surface area contributed by atoms with Gasteiger partial charge in [-0.1, -0.05) is 12.1 Å². The summed E-state index contributed by atoms with van der Waals surface area (Å²) in [6.45, 7) is 3.34. The molecule has 2 fully saturated rings. The van der Waals surface area contributed by atoms with Gasteiger partial charge in [-0.05, 0) is 41.0 Å². The molecule has 2 amide bonds. The summed E-state index contributed by atoms with van der Waals surface area (Å²) in [7, 11) is 0. The van der Waals surface area contributed by atoms with Crippen LogP contribution in [0.1, 0.15) is 18.4 Å². The second-order valence-corrected chi connectivity index (χ2v) is 7.00. The quantitative estimate of drug-likeness (QED) is 0.772. The number of tetrazole rings is 1. The predicted molar refractivity (Wildman–Crippen MR) is 104 cm³/mol. The van der Waals surface area contributed by atoms with Crippen LogP contribution >= 0.6 is 12.4 Å². The number of nitrogens with zero attached hydrogens (tertiary/aromatic N) is 6. The van der Waals surface area contributed by atoms with Crippen molar-refractivity contribution in [1.29, 1.82) is 0 Å². The van der Waals surface area contributed by atoms with Crippen molar-refractivity contribution in [2.45, 2.75) is 25.3 Å². The number of piperazine rings is 1. The van der Waals surface area contributed by atoms with Crippen LogP contribution in [0.25, 0.3) is 5.69 Å². The number of halogens is 1. The average molecular weight is 406 g/mol. The van der Waals surface area contributed by atoms with Crippen molar-refractivity contribution >= 4 is 24.2 Å². The molecule has 2 aliphatic rings. The van der Waals surface area contributed by atoms with Crippen LogP contribution in [0.5, 0.6) is 0 Å². The average Bonchev–Trinajstić information content (AvgIpc) is 3.24. The Morgan fingerprint density at radius 3 is 2.75 bits per heavy atom. The molecule has 3 heterocycles. The minimum atomic E-state index is 0. The third kappa shape index (κ3) is 4.48. The predicted octanol–water partition coefficient (Wildman–Crippen LogP) is 0.0494. The number of nitrogens with one attached hydrogen (secondary N) is 1. The highest BCUT2D eigenvalue weighted by molar-refractivity contribution is 5.85. The number of hydrogen-bond donors (Lipinski definition) is 1. The molecule has 1 unspecified atom stereocenters. The molecule has 2 saturated heterocycles. The van der Waals surface area contributed by atoms with E-state index in [0.717, 1.165) is 43.7 Å². The molecule has 9 nitrogen and oxygen atoms in total. The van der Waals surface area contributed by atoms with Crippen LogP contribution in [-0.4, -0.2) is 80.6 Å². The normalized spacial score (nSPS) is 20.0. The molecule has 2 aliphatic heterocycles. The van der Waals surface area contributed by atoms with E-state index in [1.165, 1.54) is 6.33 Å². The molecule has 4 rings (SSSR count). The zero-order chi connectivity index (χ0) is 18.6. The van der Waals surface area contributed by atoms with Gasteiger partial charge in [0.05, 0.1) is 18.7 Å². The van der Waals surface area contributed by atoms with Crippen molar-refractivity contribution in [2.75, 3.05) is 32.7 Å². The van der Waals surface area contributed by atoms with E-state index >= 15 is 0 Å². The zero-order valence-electron chi connectivity index (χ0n) is 15.5. The lowest BCUT2D eigenvalue weighted by atomic mass is 10.0. The second-order valence-electron chi connectivity index (χ2n) is 7.00. The van der Waals surface area contributed by atoms with Crippen LogP contribution in [0.2, 0.25) is 0 Å². The number of carbonyl (C=O) groups is 2. The summed E-state index contributed by atoms with van der Waals surface area (Å²) < 4.78 is 1.57. The first kappa shape index (κ1) is 20.2. The van der Waals surface area contributed by atoms with Crippen molar-refractivity contribution in [3.63, 3.8) is 0 Å². The minimum Gasteiger partial charge on any atom is -0.340 e. The monoisotopic (exact) mass is 405 g/mol. The molecule has 1 aromatic heterocycles. The first-order valence-corrected chi connectivity index (χ1v) is 9.31. The van der Waals surface area contributed by atoms with Gasteiger partial charge in [0.25, 0.3) is 0 Å². The fraction of sp³-hybridized carbons (Fsp3) is 0.500. The van der Waals surface area contributed by atoms with Crippen LogP contribution in [0.3, 0.4) is 0 Å². The molecule has 28 heavy (non-hydrogen) atoms. The summed E-state index contributed by atoms with van der Waals surface area (Å²) >= 11 is 0. The third-order valence-corrected chi connectivity index (χ3v) is 5.22. The van der Waals surface area contributed by atoms with Crippen molar-refractivity contribution in [1.82, 2.24) is 35.3 Å². The molecule has 10 heteroatoms. The van der Waals surface area contributed by atoms with Gasteiger partial charge in [0.2, 0.25) is 11.8 Å². The lowest BCUT2D eigenvalue weighted by Crippen LogP contribution is -2.57. The minimum absolute atomic E-state index is 0.